The molecule has 1 heterocycles. The van der Waals surface area contributed by atoms with Gasteiger partial charge in [-0.05, 0) is 41.9 Å². The summed E-state index contributed by atoms with van der Waals surface area (Å²) in [6.45, 7) is 4.87. The number of rotatable bonds is 5. The Morgan fingerprint density at radius 1 is 1.11 bits per heavy atom. The van der Waals surface area contributed by atoms with Crippen LogP contribution in [0.3, 0.4) is 0 Å². The molecule has 0 amide bonds. The van der Waals surface area contributed by atoms with E-state index >= 15 is 0 Å². The Balaban J connectivity index is 2.05. The van der Waals surface area contributed by atoms with Gasteiger partial charge >= 0.3 is 0 Å². The monoisotopic (exact) mass is 251 g/mol. The zero-order valence-electron chi connectivity index (χ0n) is 11.1. The van der Waals surface area contributed by atoms with Gasteiger partial charge in [-0.1, -0.05) is 19.1 Å². The molecule has 0 aliphatic carbocycles. The molecule has 0 fully saturated rings. The number of aromatic nitrogens is 1. The Morgan fingerprint density at radius 2 is 1.84 bits per heavy atom. The summed E-state index contributed by atoms with van der Waals surface area (Å²) in [4.78, 5) is 6.37. The summed E-state index contributed by atoms with van der Waals surface area (Å²) in [7, 11) is 0. The molecule has 2 aromatic rings. The Morgan fingerprint density at radius 3 is 2.53 bits per heavy atom. The minimum atomic E-state index is 0.720. The van der Waals surface area contributed by atoms with Crippen molar-refractivity contribution in [2.45, 2.75) is 20.0 Å². The largest absolute Gasteiger partial charge is 0.295 e. The van der Waals surface area contributed by atoms with Gasteiger partial charge in [0.15, 0.2) is 0 Å². The highest BCUT2D eigenvalue weighted by Crippen LogP contribution is 2.10. The molecule has 1 aromatic heterocycles. The molecule has 0 spiro atoms. The number of pyridine rings is 1. The van der Waals surface area contributed by atoms with Crippen molar-refractivity contribution >= 4 is 0 Å². The first kappa shape index (κ1) is 13.3. The van der Waals surface area contributed by atoms with Crippen LogP contribution in [-0.2, 0) is 13.1 Å². The average molecular weight is 251 g/mol. The van der Waals surface area contributed by atoms with Gasteiger partial charge in [-0.2, -0.15) is 5.26 Å². The molecule has 0 aliphatic heterocycles. The van der Waals surface area contributed by atoms with E-state index in [4.69, 9.17) is 5.26 Å². The van der Waals surface area contributed by atoms with E-state index in [1.807, 2.05) is 42.7 Å². The maximum atomic E-state index is 8.92. The van der Waals surface area contributed by atoms with Gasteiger partial charge in [-0.3, -0.25) is 9.88 Å². The molecule has 0 atom stereocenters. The third kappa shape index (κ3) is 3.90. The summed E-state index contributed by atoms with van der Waals surface area (Å²) >= 11 is 0. The van der Waals surface area contributed by atoms with Crippen molar-refractivity contribution in [2.75, 3.05) is 6.54 Å². The van der Waals surface area contributed by atoms with E-state index in [9.17, 15) is 0 Å². The summed E-state index contributed by atoms with van der Waals surface area (Å²) in [5.41, 5.74) is 3.15. The lowest BCUT2D eigenvalue weighted by atomic mass is 10.1. The molecule has 0 radical (unpaired) electrons. The Kier molecular flexibility index (Phi) is 4.66. The van der Waals surface area contributed by atoms with Crippen LogP contribution in [-0.4, -0.2) is 16.4 Å². The highest BCUT2D eigenvalue weighted by atomic mass is 15.1. The van der Waals surface area contributed by atoms with Crippen LogP contribution < -0.4 is 0 Å². The van der Waals surface area contributed by atoms with Gasteiger partial charge in [-0.25, -0.2) is 0 Å². The van der Waals surface area contributed by atoms with Crippen molar-refractivity contribution in [3.63, 3.8) is 0 Å². The predicted molar refractivity (Wildman–Crippen MR) is 75.2 cm³/mol. The van der Waals surface area contributed by atoms with Crippen LogP contribution in [0.1, 0.15) is 23.6 Å². The van der Waals surface area contributed by atoms with Crippen LogP contribution >= 0.6 is 0 Å². The number of hydrogen-bond acceptors (Lipinski definition) is 3. The average Bonchev–Trinajstić information content (AvgIpc) is 2.48. The minimum absolute atomic E-state index is 0.720. The normalized spacial score (nSPS) is 10.4. The minimum Gasteiger partial charge on any atom is -0.295 e. The topological polar surface area (TPSA) is 39.9 Å². The van der Waals surface area contributed by atoms with E-state index in [0.717, 1.165) is 25.2 Å². The number of nitriles is 1. The lowest BCUT2D eigenvalue weighted by molar-refractivity contribution is 0.271. The first-order chi connectivity index (χ1) is 9.31. The van der Waals surface area contributed by atoms with Crippen molar-refractivity contribution in [2.24, 2.45) is 0 Å². The third-order valence-electron chi connectivity index (χ3n) is 3.07. The van der Waals surface area contributed by atoms with Crippen LogP contribution in [0.15, 0.2) is 48.8 Å². The molecule has 19 heavy (non-hydrogen) atoms. The Hall–Kier alpha value is -2.18. The van der Waals surface area contributed by atoms with Crippen LogP contribution in [0.5, 0.6) is 0 Å². The summed E-state index contributed by atoms with van der Waals surface area (Å²) < 4.78 is 0. The molecule has 0 saturated heterocycles. The van der Waals surface area contributed by atoms with E-state index in [2.05, 4.69) is 28.9 Å². The smallest absolute Gasteiger partial charge is 0.0991 e. The van der Waals surface area contributed by atoms with Crippen LogP contribution in [0, 0.1) is 11.3 Å². The molecule has 96 valence electrons. The molecule has 3 heteroatoms. The summed E-state index contributed by atoms with van der Waals surface area (Å²) in [5.74, 6) is 0. The quantitative estimate of drug-likeness (QED) is 0.820. The second kappa shape index (κ2) is 6.67. The Labute approximate surface area is 114 Å². The second-order valence-corrected chi connectivity index (χ2v) is 4.47. The van der Waals surface area contributed by atoms with Gasteiger partial charge in [0.2, 0.25) is 0 Å². The SMILES string of the molecule is CCN(Cc1ccncc1)Cc1cccc(C#N)c1. The highest BCUT2D eigenvalue weighted by Gasteiger charge is 2.05. The summed E-state index contributed by atoms with van der Waals surface area (Å²) in [6, 6.07) is 14.0. The van der Waals surface area contributed by atoms with Crippen molar-refractivity contribution in [3.05, 3.63) is 65.5 Å². The third-order valence-corrected chi connectivity index (χ3v) is 3.07. The molecule has 2 rings (SSSR count). The van der Waals surface area contributed by atoms with E-state index in [1.165, 1.54) is 11.1 Å². The fourth-order valence-corrected chi connectivity index (χ4v) is 2.02. The molecule has 0 saturated carbocycles. The van der Waals surface area contributed by atoms with Crippen molar-refractivity contribution in [1.82, 2.24) is 9.88 Å². The van der Waals surface area contributed by atoms with E-state index in [1.54, 1.807) is 0 Å². The second-order valence-electron chi connectivity index (χ2n) is 4.47. The van der Waals surface area contributed by atoms with Crippen molar-refractivity contribution < 1.29 is 0 Å². The fraction of sp³-hybridized carbons (Fsp3) is 0.250. The highest BCUT2D eigenvalue weighted by molar-refractivity contribution is 5.32. The fourth-order valence-electron chi connectivity index (χ4n) is 2.02. The molecular formula is C16H17N3. The number of benzene rings is 1. The molecule has 0 aliphatic rings. The lowest BCUT2D eigenvalue weighted by Crippen LogP contribution is -2.22. The van der Waals surface area contributed by atoms with E-state index in [-0.39, 0.29) is 0 Å². The standard InChI is InChI=1S/C16H17N3/c1-2-19(12-14-6-8-18-9-7-14)13-16-5-3-4-15(10-16)11-17/h3-10H,2,12-13H2,1H3. The molecule has 1 aromatic carbocycles. The molecule has 0 unspecified atom stereocenters. The molecule has 3 nitrogen and oxygen atoms in total. The maximum Gasteiger partial charge on any atom is 0.0991 e. The number of nitrogens with zero attached hydrogens (tertiary/aromatic N) is 3. The maximum absolute atomic E-state index is 8.92. The zero-order valence-corrected chi connectivity index (χ0v) is 11.1. The lowest BCUT2D eigenvalue weighted by Gasteiger charge is -2.20. The van der Waals surface area contributed by atoms with E-state index < -0.39 is 0 Å². The van der Waals surface area contributed by atoms with Crippen molar-refractivity contribution in [1.29, 1.82) is 5.26 Å². The van der Waals surface area contributed by atoms with Gasteiger partial charge in [0.25, 0.3) is 0 Å². The summed E-state index contributed by atoms with van der Waals surface area (Å²) in [6.07, 6.45) is 3.64. The van der Waals surface area contributed by atoms with Crippen molar-refractivity contribution in [3.8, 4) is 6.07 Å². The summed E-state index contributed by atoms with van der Waals surface area (Å²) in [5, 5.41) is 8.92. The predicted octanol–water partition coefficient (Wildman–Crippen LogP) is 2.98. The molecular weight excluding hydrogens is 234 g/mol. The van der Waals surface area contributed by atoms with Gasteiger partial charge in [0, 0.05) is 25.5 Å². The Bertz CT molecular complexity index is 558. The van der Waals surface area contributed by atoms with Gasteiger partial charge in [0.05, 0.1) is 11.6 Å². The first-order valence-corrected chi connectivity index (χ1v) is 6.42. The van der Waals surface area contributed by atoms with Crippen LogP contribution in [0.25, 0.3) is 0 Å². The van der Waals surface area contributed by atoms with Gasteiger partial charge < -0.3 is 0 Å². The number of hydrogen-bond donors (Lipinski definition) is 0. The molecule has 0 N–H and O–H groups in total. The molecule has 0 bridgehead atoms. The van der Waals surface area contributed by atoms with Crippen LogP contribution in [0.4, 0.5) is 0 Å². The first-order valence-electron chi connectivity index (χ1n) is 6.42. The van der Waals surface area contributed by atoms with E-state index in [0.29, 0.717) is 0 Å². The van der Waals surface area contributed by atoms with Crippen LogP contribution in [0.2, 0.25) is 0 Å². The van der Waals surface area contributed by atoms with Gasteiger partial charge in [-0.15, -0.1) is 0 Å². The zero-order chi connectivity index (χ0) is 13.5. The van der Waals surface area contributed by atoms with Gasteiger partial charge in [0.1, 0.15) is 0 Å².